The molecular weight excluding hydrogens is 272 g/mol. The van der Waals surface area contributed by atoms with Gasteiger partial charge in [0.2, 0.25) is 0 Å². The highest BCUT2D eigenvalue weighted by Gasteiger charge is 2.25. The second-order valence-electron chi connectivity index (χ2n) is 4.62. The van der Waals surface area contributed by atoms with Crippen LogP contribution in [0.15, 0.2) is 17.6 Å². The van der Waals surface area contributed by atoms with Crippen LogP contribution in [-0.4, -0.2) is 29.5 Å². The molecule has 0 aromatic carbocycles. The fourth-order valence-electron chi connectivity index (χ4n) is 1.09. The first-order valence-electron chi connectivity index (χ1n) is 5.50. The molecule has 0 radical (unpaired) electrons. The SMILES string of the molecule is CCn1cnc(S(=O)(=O)NCC(C)(C)C(N)=S)c1. The van der Waals surface area contributed by atoms with Crippen molar-refractivity contribution in [3.8, 4) is 0 Å². The molecule has 0 spiro atoms. The van der Waals surface area contributed by atoms with Gasteiger partial charge in [0, 0.05) is 24.7 Å². The van der Waals surface area contributed by atoms with Gasteiger partial charge >= 0.3 is 0 Å². The van der Waals surface area contributed by atoms with Crippen molar-refractivity contribution in [1.29, 1.82) is 0 Å². The third-order valence-electron chi connectivity index (χ3n) is 2.62. The lowest BCUT2D eigenvalue weighted by Crippen LogP contribution is -2.41. The van der Waals surface area contributed by atoms with Crippen molar-refractivity contribution in [2.75, 3.05) is 6.54 Å². The van der Waals surface area contributed by atoms with Gasteiger partial charge in [-0.25, -0.2) is 18.1 Å². The molecule has 1 heterocycles. The molecule has 8 heteroatoms. The Morgan fingerprint density at radius 1 is 1.61 bits per heavy atom. The summed E-state index contributed by atoms with van der Waals surface area (Å²) in [5.41, 5.74) is 4.97. The second kappa shape index (κ2) is 5.33. The molecule has 1 aromatic heterocycles. The Morgan fingerprint density at radius 2 is 2.22 bits per heavy atom. The lowest BCUT2D eigenvalue weighted by Gasteiger charge is -2.22. The van der Waals surface area contributed by atoms with Crippen molar-refractivity contribution >= 4 is 27.2 Å². The van der Waals surface area contributed by atoms with Gasteiger partial charge in [0.05, 0.1) is 11.3 Å². The van der Waals surface area contributed by atoms with Crippen LogP contribution >= 0.6 is 12.2 Å². The Kier molecular flexibility index (Phi) is 4.46. The molecular formula is C10H18N4O2S2. The Balaban J connectivity index is 2.80. The van der Waals surface area contributed by atoms with Crippen LogP contribution in [0.3, 0.4) is 0 Å². The minimum Gasteiger partial charge on any atom is -0.393 e. The van der Waals surface area contributed by atoms with Crippen molar-refractivity contribution in [3.05, 3.63) is 12.5 Å². The van der Waals surface area contributed by atoms with E-state index in [4.69, 9.17) is 18.0 Å². The van der Waals surface area contributed by atoms with E-state index >= 15 is 0 Å². The summed E-state index contributed by atoms with van der Waals surface area (Å²) in [5, 5.41) is 0.00286. The molecule has 0 fully saturated rings. The zero-order valence-electron chi connectivity index (χ0n) is 10.7. The largest absolute Gasteiger partial charge is 0.393 e. The molecule has 0 aliphatic heterocycles. The molecule has 1 rings (SSSR count). The van der Waals surface area contributed by atoms with Crippen molar-refractivity contribution in [2.45, 2.75) is 32.3 Å². The number of nitrogens with two attached hydrogens (primary N) is 1. The van der Waals surface area contributed by atoms with Crippen molar-refractivity contribution in [1.82, 2.24) is 14.3 Å². The van der Waals surface area contributed by atoms with Crippen LogP contribution in [0.2, 0.25) is 0 Å². The molecule has 0 unspecified atom stereocenters. The van der Waals surface area contributed by atoms with Gasteiger partial charge in [0.1, 0.15) is 0 Å². The average molecular weight is 290 g/mol. The first-order chi connectivity index (χ1) is 8.19. The van der Waals surface area contributed by atoms with E-state index in [9.17, 15) is 8.42 Å². The minimum atomic E-state index is -3.61. The van der Waals surface area contributed by atoms with Crippen LogP contribution in [0.5, 0.6) is 0 Å². The van der Waals surface area contributed by atoms with Gasteiger partial charge in [-0.3, -0.25) is 0 Å². The zero-order chi connectivity index (χ0) is 14.0. The number of nitrogens with one attached hydrogen (secondary N) is 1. The number of hydrogen-bond donors (Lipinski definition) is 2. The van der Waals surface area contributed by atoms with Crippen molar-refractivity contribution in [3.63, 3.8) is 0 Å². The molecule has 1 aromatic rings. The van der Waals surface area contributed by atoms with Crippen LogP contribution < -0.4 is 10.5 Å². The normalized spacial score (nSPS) is 12.6. The van der Waals surface area contributed by atoms with E-state index in [2.05, 4.69) is 9.71 Å². The summed E-state index contributed by atoms with van der Waals surface area (Å²) in [6.45, 7) is 6.27. The smallest absolute Gasteiger partial charge is 0.259 e. The van der Waals surface area contributed by atoms with E-state index in [1.807, 2.05) is 6.92 Å². The predicted octanol–water partition coefficient (Wildman–Crippen LogP) is 0.494. The highest BCUT2D eigenvalue weighted by molar-refractivity contribution is 7.89. The van der Waals surface area contributed by atoms with Gasteiger partial charge in [-0.15, -0.1) is 0 Å². The van der Waals surface area contributed by atoms with Gasteiger partial charge in [-0.05, 0) is 6.92 Å². The van der Waals surface area contributed by atoms with Gasteiger partial charge in [0.15, 0.2) is 5.03 Å². The summed E-state index contributed by atoms with van der Waals surface area (Å²) in [5.74, 6) is 0. The number of sulfonamides is 1. The standard InChI is InChI=1S/C10H18N4O2S2/c1-4-14-5-8(12-7-14)18(15,16)13-6-10(2,3)9(11)17/h5,7,13H,4,6H2,1-3H3,(H2,11,17). The summed E-state index contributed by atoms with van der Waals surface area (Å²) in [7, 11) is -3.61. The third kappa shape index (κ3) is 3.50. The number of aromatic nitrogens is 2. The summed E-state index contributed by atoms with van der Waals surface area (Å²) in [4.78, 5) is 4.12. The van der Waals surface area contributed by atoms with E-state index in [1.54, 1.807) is 18.4 Å². The van der Waals surface area contributed by atoms with Crippen molar-refractivity contribution < 1.29 is 8.42 Å². The molecule has 0 aliphatic rings. The maximum absolute atomic E-state index is 12.0. The van der Waals surface area contributed by atoms with Crippen LogP contribution in [0.1, 0.15) is 20.8 Å². The molecule has 6 nitrogen and oxygen atoms in total. The van der Waals surface area contributed by atoms with E-state index in [0.29, 0.717) is 6.54 Å². The molecule has 3 N–H and O–H groups in total. The molecule has 0 aliphatic carbocycles. The monoisotopic (exact) mass is 290 g/mol. The molecule has 0 amide bonds. The van der Waals surface area contributed by atoms with Crippen LogP contribution in [-0.2, 0) is 16.6 Å². The number of hydrogen-bond acceptors (Lipinski definition) is 4. The Bertz CT molecular complexity index is 534. The van der Waals surface area contributed by atoms with Gasteiger partial charge < -0.3 is 10.3 Å². The van der Waals surface area contributed by atoms with Gasteiger partial charge in [0.25, 0.3) is 10.0 Å². The predicted molar refractivity (Wildman–Crippen MR) is 73.7 cm³/mol. The topological polar surface area (TPSA) is 90.0 Å². The number of aryl methyl sites for hydroxylation is 1. The second-order valence-corrected chi connectivity index (χ2v) is 6.77. The quantitative estimate of drug-likeness (QED) is 0.744. The van der Waals surface area contributed by atoms with E-state index < -0.39 is 15.4 Å². The molecule has 0 bridgehead atoms. The Labute approximate surface area is 113 Å². The van der Waals surface area contributed by atoms with E-state index in [-0.39, 0.29) is 16.6 Å². The fourth-order valence-corrected chi connectivity index (χ4v) is 2.32. The number of nitrogens with zero attached hydrogens (tertiary/aromatic N) is 2. The lowest BCUT2D eigenvalue weighted by atomic mass is 9.94. The molecule has 0 atom stereocenters. The summed E-state index contributed by atoms with van der Waals surface area (Å²) < 4.78 is 28.1. The highest BCUT2D eigenvalue weighted by Crippen LogP contribution is 2.15. The highest BCUT2D eigenvalue weighted by atomic mass is 32.2. The summed E-state index contributed by atoms with van der Waals surface area (Å²) in [6, 6.07) is 0. The first-order valence-corrected chi connectivity index (χ1v) is 7.39. The zero-order valence-corrected chi connectivity index (χ0v) is 12.3. The van der Waals surface area contributed by atoms with E-state index in [1.165, 1.54) is 12.5 Å². The lowest BCUT2D eigenvalue weighted by molar-refractivity contribution is 0.500. The number of thiocarbonyl (C=S) groups is 1. The maximum Gasteiger partial charge on any atom is 0.259 e. The molecule has 0 saturated carbocycles. The maximum atomic E-state index is 12.0. The molecule has 18 heavy (non-hydrogen) atoms. The van der Waals surface area contributed by atoms with Crippen molar-refractivity contribution in [2.24, 2.45) is 11.1 Å². The average Bonchev–Trinajstić information content (AvgIpc) is 2.75. The van der Waals surface area contributed by atoms with Crippen LogP contribution in [0, 0.1) is 5.41 Å². The Hall–Kier alpha value is -0.990. The minimum absolute atomic E-state index is 0.00286. The van der Waals surface area contributed by atoms with Gasteiger partial charge in [-0.2, -0.15) is 0 Å². The van der Waals surface area contributed by atoms with Crippen LogP contribution in [0.25, 0.3) is 0 Å². The number of imidazole rings is 1. The third-order valence-corrected chi connectivity index (χ3v) is 4.46. The number of rotatable bonds is 6. The summed E-state index contributed by atoms with van der Waals surface area (Å²) >= 11 is 4.88. The van der Waals surface area contributed by atoms with Crippen LogP contribution in [0.4, 0.5) is 0 Å². The molecule has 0 saturated heterocycles. The summed E-state index contributed by atoms with van der Waals surface area (Å²) in [6.07, 6.45) is 2.96. The molecule has 102 valence electrons. The fraction of sp³-hybridized carbons (Fsp3) is 0.600. The Morgan fingerprint density at radius 3 is 2.67 bits per heavy atom. The van der Waals surface area contributed by atoms with E-state index in [0.717, 1.165) is 0 Å². The van der Waals surface area contributed by atoms with Gasteiger partial charge in [-0.1, -0.05) is 26.1 Å². The first kappa shape index (κ1) is 15.1.